The van der Waals surface area contributed by atoms with Crippen LogP contribution in [0.25, 0.3) is 0 Å². The van der Waals surface area contributed by atoms with Crippen molar-refractivity contribution in [2.75, 3.05) is 11.9 Å². The topological polar surface area (TPSA) is 51.2 Å². The number of benzene rings is 2. The number of rotatable bonds is 7. The average molecular weight is 385 g/mol. The zero-order valence-corrected chi connectivity index (χ0v) is 16.3. The maximum absolute atomic E-state index is 12.8. The van der Waals surface area contributed by atoms with E-state index in [4.69, 9.17) is 4.74 Å². The first-order valence-corrected chi connectivity index (χ1v) is 10.2. The standard InChI is InChI=1S/C20H20N2O2S2/c1-3-24-18-11-7-6-10-17(18)22-19(23)16-9-5-4-8-15(16)13-26-20-21-14(2)12-25-20/h4-12H,3,13H2,1-2H3,(H,22,23). The zero-order valence-electron chi connectivity index (χ0n) is 14.7. The quantitative estimate of drug-likeness (QED) is 0.555. The van der Waals surface area contributed by atoms with Gasteiger partial charge in [0.15, 0.2) is 0 Å². The monoisotopic (exact) mass is 384 g/mol. The minimum absolute atomic E-state index is 0.135. The van der Waals surface area contributed by atoms with Crippen molar-refractivity contribution in [3.05, 3.63) is 70.7 Å². The fourth-order valence-corrected chi connectivity index (χ4v) is 4.30. The Bertz CT molecular complexity index is 893. The van der Waals surface area contributed by atoms with Crippen molar-refractivity contribution in [1.29, 1.82) is 0 Å². The van der Waals surface area contributed by atoms with Gasteiger partial charge in [-0.05, 0) is 37.6 Å². The second-order valence-electron chi connectivity index (χ2n) is 5.58. The number of hydrogen-bond donors (Lipinski definition) is 1. The number of nitrogens with zero attached hydrogens (tertiary/aromatic N) is 1. The second kappa shape index (κ2) is 8.87. The molecule has 134 valence electrons. The number of thiazole rings is 1. The molecule has 0 fully saturated rings. The summed E-state index contributed by atoms with van der Waals surface area (Å²) in [7, 11) is 0. The van der Waals surface area contributed by atoms with Crippen LogP contribution < -0.4 is 10.1 Å². The Morgan fingerprint density at radius 2 is 1.96 bits per heavy atom. The molecule has 26 heavy (non-hydrogen) atoms. The van der Waals surface area contributed by atoms with Crippen molar-refractivity contribution < 1.29 is 9.53 Å². The van der Waals surface area contributed by atoms with E-state index in [1.807, 2.05) is 67.8 Å². The van der Waals surface area contributed by atoms with Gasteiger partial charge in [0.2, 0.25) is 0 Å². The van der Waals surface area contributed by atoms with Crippen LogP contribution in [0.15, 0.2) is 58.3 Å². The lowest BCUT2D eigenvalue weighted by Gasteiger charge is -2.13. The van der Waals surface area contributed by atoms with E-state index in [0.29, 0.717) is 29.4 Å². The number of carbonyl (C=O) groups excluding carboxylic acids is 1. The van der Waals surface area contributed by atoms with Crippen LogP contribution >= 0.6 is 23.1 Å². The highest BCUT2D eigenvalue weighted by atomic mass is 32.2. The van der Waals surface area contributed by atoms with E-state index >= 15 is 0 Å². The van der Waals surface area contributed by atoms with Crippen LogP contribution in [-0.4, -0.2) is 17.5 Å². The van der Waals surface area contributed by atoms with Gasteiger partial charge in [-0.2, -0.15) is 0 Å². The molecule has 1 heterocycles. The van der Waals surface area contributed by atoms with E-state index in [2.05, 4.69) is 10.3 Å². The van der Waals surface area contributed by atoms with Crippen molar-refractivity contribution in [3.8, 4) is 5.75 Å². The Hall–Kier alpha value is -2.31. The number of para-hydroxylation sites is 2. The highest BCUT2D eigenvalue weighted by molar-refractivity contribution is 8.00. The summed E-state index contributed by atoms with van der Waals surface area (Å²) in [5, 5.41) is 5.00. The molecule has 2 aromatic carbocycles. The first-order valence-electron chi connectivity index (χ1n) is 8.33. The summed E-state index contributed by atoms with van der Waals surface area (Å²) in [5.41, 5.74) is 3.35. The highest BCUT2D eigenvalue weighted by Crippen LogP contribution is 2.28. The third-order valence-corrected chi connectivity index (χ3v) is 5.83. The lowest BCUT2D eigenvalue weighted by Crippen LogP contribution is -2.14. The molecule has 0 atom stereocenters. The van der Waals surface area contributed by atoms with Gasteiger partial charge in [-0.25, -0.2) is 4.98 Å². The molecule has 1 N–H and O–H groups in total. The molecular formula is C20H20N2O2S2. The average Bonchev–Trinajstić information content (AvgIpc) is 3.07. The number of thioether (sulfide) groups is 1. The number of ether oxygens (including phenoxy) is 1. The Balaban J connectivity index is 1.75. The smallest absolute Gasteiger partial charge is 0.256 e. The molecule has 1 aromatic heterocycles. The third kappa shape index (κ3) is 4.65. The first-order chi connectivity index (χ1) is 12.7. The number of hydrogen-bond acceptors (Lipinski definition) is 5. The fraction of sp³-hybridized carbons (Fsp3) is 0.200. The summed E-state index contributed by atoms with van der Waals surface area (Å²) >= 11 is 3.27. The minimum atomic E-state index is -0.135. The molecule has 0 saturated carbocycles. The summed E-state index contributed by atoms with van der Waals surface area (Å²) in [5.74, 6) is 1.24. The van der Waals surface area contributed by atoms with Gasteiger partial charge >= 0.3 is 0 Å². The minimum Gasteiger partial charge on any atom is -0.492 e. The van der Waals surface area contributed by atoms with Crippen molar-refractivity contribution in [2.45, 2.75) is 23.9 Å². The van der Waals surface area contributed by atoms with Gasteiger partial charge in [-0.1, -0.05) is 42.1 Å². The van der Waals surface area contributed by atoms with Crippen LogP contribution in [0.2, 0.25) is 0 Å². The van der Waals surface area contributed by atoms with E-state index in [1.165, 1.54) is 0 Å². The number of aryl methyl sites for hydroxylation is 1. The second-order valence-corrected chi connectivity index (χ2v) is 7.66. The van der Waals surface area contributed by atoms with E-state index in [0.717, 1.165) is 15.6 Å². The molecule has 0 aliphatic carbocycles. The van der Waals surface area contributed by atoms with E-state index in [1.54, 1.807) is 23.1 Å². The number of nitrogens with one attached hydrogen (secondary N) is 1. The van der Waals surface area contributed by atoms with Gasteiger partial charge in [-0.15, -0.1) is 11.3 Å². The van der Waals surface area contributed by atoms with Crippen LogP contribution in [0.3, 0.4) is 0 Å². The van der Waals surface area contributed by atoms with Crippen LogP contribution in [0.5, 0.6) is 5.75 Å². The normalized spacial score (nSPS) is 10.5. The molecule has 3 aromatic rings. The molecule has 0 unspecified atom stereocenters. The molecule has 1 amide bonds. The molecule has 0 spiro atoms. The van der Waals surface area contributed by atoms with Gasteiger partial charge in [0.1, 0.15) is 10.1 Å². The molecule has 0 saturated heterocycles. The van der Waals surface area contributed by atoms with Crippen molar-refractivity contribution in [1.82, 2.24) is 4.98 Å². The van der Waals surface area contributed by atoms with E-state index < -0.39 is 0 Å². The molecule has 0 aliphatic heterocycles. The molecule has 0 aliphatic rings. The van der Waals surface area contributed by atoms with Crippen LogP contribution in [0, 0.1) is 6.92 Å². The van der Waals surface area contributed by atoms with Gasteiger partial charge < -0.3 is 10.1 Å². The molecular weight excluding hydrogens is 364 g/mol. The van der Waals surface area contributed by atoms with E-state index in [9.17, 15) is 4.79 Å². The molecule has 3 rings (SSSR count). The van der Waals surface area contributed by atoms with Gasteiger partial charge in [0, 0.05) is 22.4 Å². The Morgan fingerprint density at radius 3 is 2.73 bits per heavy atom. The fourth-order valence-electron chi connectivity index (χ4n) is 2.45. The third-order valence-electron chi connectivity index (χ3n) is 3.65. The molecule has 0 bridgehead atoms. The molecule has 4 nitrogen and oxygen atoms in total. The van der Waals surface area contributed by atoms with Crippen LogP contribution in [0.4, 0.5) is 5.69 Å². The van der Waals surface area contributed by atoms with E-state index in [-0.39, 0.29) is 5.91 Å². The summed E-state index contributed by atoms with van der Waals surface area (Å²) < 4.78 is 6.60. The Labute approximate surface area is 161 Å². The van der Waals surface area contributed by atoms with Gasteiger partial charge in [0.25, 0.3) is 5.91 Å². The number of amides is 1. The largest absolute Gasteiger partial charge is 0.492 e. The Morgan fingerprint density at radius 1 is 1.19 bits per heavy atom. The summed E-state index contributed by atoms with van der Waals surface area (Å²) in [6, 6.07) is 15.1. The zero-order chi connectivity index (χ0) is 18.4. The maximum atomic E-state index is 12.8. The maximum Gasteiger partial charge on any atom is 0.256 e. The summed E-state index contributed by atoms with van der Waals surface area (Å²) in [4.78, 5) is 17.3. The summed E-state index contributed by atoms with van der Waals surface area (Å²) in [6.45, 7) is 4.45. The highest BCUT2D eigenvalue weighted by Gasteiger charge is 2.14. The lowest BCUT2D eigenvalue weighted by atomic mass is 10.1. The van der Waals surface area contributed by atoms with Crippen molar-refractivity contribution in [3.63, 3.8) is 0 Å². The number of anilines is 1. The SMILES string of the molecule is CCOc1ccccc1NC(=O)c1ccccc1CSc1nc(C)cs1. The van der Waals surface area contributed by atoms with Gasteiger partial charge in [-0.3, -0.25) is 4.79 Å². The summed E-state index contributed by atoms with van der Waals surface area (Å²) in [6.07, 6.45) is 0. The first kappa shape index (κ1) is 18.5. The van der Waals surface area contributed by atoms with Crippen molar-refractivity contribution >= 4 is 34.7 Å². The molecule has 6 heteroatoms. The predicted octanol–water partition coefficient (Wildman–Crippen LogP) is 5.39. The van der Waals surface area contributed by atoms with Crippen molar-refractivity contribution in [2.24, 2.45) is 0 Å². The van der Waals surface area contributed by atoms with Crippen LogP contribution in [0.1, 0.15) is 28.5 Å². The number of carbonyl (C=O) groups is 1. The van der Waals surface area contributed by atoms with Gasteiger partial charge in [0.05, 0.1) is 12.3 Å². The molecule has 0 radical (unpaired) electrons. The Kier molecular flexibility index (Phi) is 6.30. The van der Waals surface area contributed by atoms with Crippen LogP contribution in [-0.2, 0) is 5.75 Å². The predicted molar refractivity (Wildman–Crippen MR) is 108 cm³/mol. The lowest BCUT2D eigenvalue weighted by molar-refractivity contribution is 0.102. The number of aromatic nitrogens is 1.